The van der Waals surface area contributed by atoms with Crippen LogP contribution in [0.5, 0.6) is 5.75 Å². The predicted molar refractivity (Wildman–Crippen MR) is 68.1 cm³/mol. The van der Waals surface area contributed by atoms with Gasteiger partial charge in [-0.1, -0.05) is 11.8 Å². The summed E-state index contributed by atoms with van der Waals surface area (Å²) in [6.45, 7) is 0. The lowest BCUT2D eigenvalue weighted by molar-refractivity contribution is -0.387. The van der Waals surface area contributed by atoms with Crippen molar-refractivity contribution in [1.29, 1.82) is 0 Å². The molecule has 0 N–H and O–H groups in total. The molecule has 0 fully saturated rings. The number of hydrogen-bond donors (Lipinski definition) is 0. The van der Waals surface area contributed by atoms with Gasteiger partial charge in [0.1, 0.15) is 9.96 Å². The summed E-state index contributed by atoms with van der Waals surface area (Å²) in [7, 11) is 1.60. The maximum atomic E-state index is 10.8. The number of ether oxygens (including phenoxy) is 1. The topological polar surface area (TPSA) is 52.4 Å². The Bertz CT molecular complexity index is 522. The molecule has 88 valence electrons. The van der Waals surface area contributed by atoms with Crippen molar-refractivity contribution in [2.75, 3.05) is 7.11 Å². The average Bonchev–Trinajstić information content (AvgIpc) is 2.78. The molecule has 0 aliphatic heterocycles. The maximum absolute atomic E-state index is 10.8. The van der Waals surface area contributed by atoms with Gasteiger partial charge in [-0.2, -0.15) is 0 Å². The lowest BCUT2D eigenvalue weighted by Gasteiger charge is -2.01. The largest absolute Gasteiger partial charge is 0.497 e. The van der Waals surface area contributed by atoms with Gasteiger partial charge in [0.15, 0.2) is 0 Å². The van der Waals surface area contributed by atoms with Crippen LogP contribution in [0.3, 0.4) is 0 Å². The van der Waals surface area contributed by atoms with Gasteiger partial charge >= 0.3 is 0 Å². The number of rotatable bonds is 4. The molecular formula is C11H9NO3S2. The van der Waals surface area contributed by atoms with Gasteiger partial charge in [-0.15, -0.1) is 11.3 Å². The first-order valence-corrected chi connectivity index (χ1v) is 6.44. The third kappa shape index (κ3) is 2.78. The van der Waals surface area contributed by atoms with E-state index < -0.39 is 0 Å². The third-order valence-electron chi connectivity index (χ3n) is 2.08. The Morgan fingerprint density at radius 3 is 2.59 bits per heavy atom. The van der Waals surface area contributed by atoms with Gasteiger partial charge in [-0.25, -0.2) is 0 Å². The molecule has 1 aromatic heterocycles. The monoisotopic (exact) mass is 267 g/mol. The van der Waals surface area contributed by atoms with Crippen LogP contribution in [-0.4, -0.2) is 12.0 Å². The van der Waals surface area contributed by atoms with Gasteiger partial charge in [-0.3, -0.25) is 10.1 Å². The van der Waals surface area contributed by atoms with Crippen LogP contribution < -0.4 is 4.74 Å². The van der Waals surface area contributed by atoms with E-state index in [1.165, 1.54) is 29.2 Å². The van der Waals surface area contributed by atoms with Crippen LogP contribution >= 0.6 is 23.1 Å². The second kappa shape index (κ2) is 5.20. The Balaban J connectivity index is 2.19. The third-order valence-corrected chi connectivity index (χ3v) is 4.21. The van der Waals surface area contributed by atoms with Crippen molar-refractivity contribution in [3.05, 3.63) is 45.8 Å². The van der Waals surface area contributed by atoms with Crippen molar-refractivity contribution in [3.8, 4) is 5.75 Å². The van der Waals surface area contributed by atoms with Gasteiger partial charge in [0.2, 0.25) is 0 Å². The SMILES string of the molecule is COc1ccc(Sc2sccc2[N+](=O)[O-])cc1. The highest BCUT2D eigenvalue weighted by Gasteiger charge is 2.15. The normalized spacial score (nSPS) is 10.2. The molecule has 0 bridgehead atoms. The highest BCUT2D eigenvalue weighted by Crippen LogP contribution is 2.39. The summed E-state index contributed by atoms with van der Waals surface area (Å²) in [6, 6.07) is 8.96. The molecule has 0 saturated heterocycles. The van der Waals surface area contributed by atoms with Gasteiger partial charge in [0.25, 0.3) is 5.69 Å². The summed E-state index contributed by atoms with van der Waals surface area (Å²) in [4.78, 5) is 11.3. The summed E-state index contributed by atoms with van der Waals surface area (Å²) < 4.78 is 5.75. The Kier molecular flexibility index (Phi) is 3.65. The van der Waals surface area contributed by atoms with Crippen LogP contribution in [0.15, 0.2) is 44.8 Å². The van der Waals surface area contributed by atoms with Crippen molar-refractivity contribution in [3.63, 3.8) is 0 Å². The van der Waals surface area contributed by atoms with Crippen molar-refractivity contribution in [2.45, 2.75) is 9.10 Å². The molecule has 0 spiro atoms. The summed E-state index contributed by atoms with van der Waals surface area (Å²) in [5.41, 5.74) is 0.163. The Hall–Kier alpha value is -1.53. The van der Waals surface area contributed by atoms with E-state index in [2.05, 4.69) is 0 Å². The smallest absolute Gasteiger partial charge is 0.294 e. The summed E-state index contributed by atoms with van der Waals surface area (Å²) in [5, 5.41) is 12.5. The molecule has 0 amide bonds. The van der Waals surface area contributed by atoms with Crippen molar-refractivity contribution >= 4 is 28.8 Å². The van der Waals surface area contributed by atoms with Crippen LogP contribution in [-0.2, 0) is 0 Å². The van der Waals surface area contributed by atoms with E-state index in [4.69, 9.17) is 4.74 Å². The molecule has 0 atom stereocenters. The first kappa shape index (κ1) is 11.9. The maximum Gasteiger partial charge on any atom is 0.294 e. The van der Waals surface area contributed by atoms with E-state index in [1.807, 2.05) is 24.3 Å². The van der Waals surface area contributed by atoms with E-state index >= 15 is 0 Å². The van der Waals surface area contributed by atoms with Crippen molar-refractivity contribution in [1.82, 2.24) is 0 Å². The second-order valence-corrected chi connectivity index (χ2v) is 5.39. The van der Waals surface area contributed by atoms with E-state index in [0.717, 1.165) is 10.6 Å². The van der Waals surface area contributed by atoms with E-state index in [-0.39, 0.29) is 10.6 Å². The van der Waals surface area contributed by atoms with E-state index in [9.17, 15) is 10.1 Å². The fourth-order valence-corrected chi connectivity index (χ4v) is 3.22. The molecule has 2 aromatic rings. The standard InChI is InChI=1S/C11H9NO3S2/c1-15-8-2-4-9(5-3-8)17-11-10(12(13)14)6-7-16-11/h2-7H,1H3. The minimum absolute atomic E-state index is 0.163. The first-order valence-electron chi connectivity index (χ1n) is 4.74. The Morgan fingerprint density at radius 1 is 1.29 bits per heavy atom. The van der Waals surface area contributed by atoms with Crippen molar-refractivity contribution < 1.29 is 9.66 Å². The van der Waals surface area contributed by atoms with Crippen LogP contribution in [0.1, 0.15) is 0 Å². The molecular weight excluding hydrogens is 258 g/mol. The fraction of sp³-hybridized carbons (Fsp3) is 0.0909. The van der Waals surface area contributed by atoms with E-state index in [0.29, 0.717) is 4.21 Å². The van der Waals surface area contributed by atoms with Gasteiger partial charge in [0.05, 0.1) is 12.0 Å². The molecule has 2 rings (SSSR count). The number of methoxy groups -OCH3 is 1. The quantitative estimate of drug-likeness (QED) is 0.624. The molecule has 17 heavy (non-hydrogen) atoms. The molecule has 0 aliphatic rings. The predicted octanol–water partition coefficient (Wildman–Crippen LogP) is 3.82. The number of nitro groups is 1. The number of nitrogens with zero attached hydrogens (tertiary/aromatic N) is 1. The van der Waals surface area contributed by atoms with Crippen LogP contribution in [0.25, 0.3) is 0 Å². The lowest BCUT2D eigenvalue weighted by Crippen LogP contribution is -1.86. The zero-order valence-corrected chi connectivity index (χ0v) is 10.6. The molecule has 1 aromatic carbocycles. The fourth-order valence-electron chi connectivity index (χ4n) is 1.25. The average molecular weight is 267 g/mol. The summed E-state index contributed by atoms with van der Waals surface area (Å²) in [5.74, 6) is 0.773. The molecule has 0 radical (unpaired) electrons. The van der Waals surface area contributed by atoms with Crippen LogP contribution in [0.4, 0.5) is 5.69 Å². The minimum Gasteiger partial charge on any atom is -0.497 e. The van der Waals surface area contributed by atoms with Crippen LogP contribution in [0, 0.1) is 10.1 Å². The Labute approximate surface area is 106 Å². The van der Waals surface area contributed by atoms with Gasteiger partial charge in [0, 0.05) is 11.0 Å². The zero-order valence-electron chi connectivity index (χ0n) is 8.95. The van der Waals surface area contributed by atoms with Gasteiger partial charge < -0.3 is 4.74 Å². The molecule has 0 aliphatic carbocycles. The number of hydrogen-bond acceptors (Lipinski definition) is 5. The highest BCUT2D eigenvalue weighted by molar-refractivity contribution is 8.01. The van der Waals surface area contributed by atoms with Gasteiger partial charge in [-0.05, 0) is 29.6 Å². The molecule has 6 heteroatoms. The summed E-state index contributed by atoms with van der Waals surface area (Å²) in [6.07, 6.45) is 0. The Morgan fingerprint density at radius 2 is 2.00 bits per heavy atom. The summed E-state index contributed by atoms with van der Waals surface area (Å²) >= 11 is 2.76. The number of benzene rings is 1. The van der Waals surface area contributed by atoms with Crippen molar-refractivity contribution in [2.24, 2.45) is 0 Å². The molecule has 4 nitrogen and oxygen atoms in total. The highest BCUT2D eigenvalue weighted by atomic mass is 32.2. The zero-order chi connectivity index (χ0) is 12.3. The first-order chi connectivity index (χ1) is 8.20. The minimum atomic E-state index is -0.359. The van der Waals surface area contributed by atoms with Crippen LogP contribution in [0.2, 0.25) is 0 Å². The molecule has 0 unspecified atom stereocenters. The lowest BCUT2D eigenvalue weighted by atomic mass is 10.3. The number of thiophene rings is 1. The molecule has 0 saturated carbocycles. The second-order valence-electron chi connectivity index (χ2n) is 3.13. The molecule has 1 heterocycles. The van der Waals surface area contributed by atoms with E-state index in [1.54, 1.807) is 12.5 Å².